The van der Waals surface area contributed by atoms with Crippen molar-refractivity contribution in [2.75, 3.05) is 40.8 Å². The number of nitrogens with zero attached hydrogens (tertiary/aromatic N) is 2. The fraction of sp³-hybridized carbons (Fsp3) is 0.458. The van der Waals surface area contributed by atoms with Gasteiger partial charge in [-0.2, -0.15) is 0 Å². The summed E-state index contributed by atoms with van der Waals surface area (Å²) in [6.45, 7) is 6.00. The van der Waals surface area contributed by atoms with Crippen molar-refractivity contribution in [3.05, 3.63) is 58.7 Å². The Labute approximate surface area is 191 Å². The summed E-state index contributed by atoms with van der Waals surface area (Å²) in [4.78, 5) is 15.6. The molecule has 0 radical (unpaired) electrons. The Hall–Kier alpha value is -2.42. The number of carbonyl (C=O) groups is 1. The lowest BCUT2D eigenvalue weighted by molar-refractivity contribution is 0.0937. The number of sulfonamides is 1. The second kappa shape index (κ2) is 10.0. The number of carbonyl (C=O) groups excluding carboxylic acids is 1. The van der Waals surface area contributed by atoms with Crippen LogP contribution in [0.25, 0.3) is 0 Å². The van der Waals surface area contributed by atoms with E-state index < -0.39 is 10.0 Å². The van der Waals surface area contributed by atoms with Crippen molar-refractivity contribution < 1.29 is 17.9 Å². The molecule has 1 amide bonds. The highest BCUT2D eigenvalue weighted by molar-refractivity contribution is 7.89. The van der Waals surface area contributed by atoms with Crippen LogP contribution >= 0.6 is 0 Å². The molecule has 2 aromatic rings. The van der Waals surface area contributed by atoms with Gasteiger partial charge in [0.25, 0.3) is 5.91 Å². The summed E-state index contributed by atoms with van der Waals surface area (Å²) < 4.78 is 31.9. The first-order valence-electron chi connectivity index (χ1n) is 10.8. The molecule has 1 fully saturated rings. The third-order valence-electron chi connectivity index (χ3n) is 6.18. The summed E-state index contributed by atoms with van der Waals surface area (Å²) >= 11 is 0. The molecule has 0 spiro atoms. The molecule has 174 valence electrons. The van der Waals surface area contributed by atoms with E-state index in [-0.39, 0.29) is 16.8 Å². The quantitative estimate of drug-likeness (QED) is 0.656. The van der Waals surface area contributed by atoms with Crippen LogP contribution in [0.2, 0.25) is 0 Å². The minimum Gasteiger partial charge on any atom is -0.497 e. The van der Waals surface area contributed by atoms with Gasteiger partial charge in [0.05, 0.1) is 18.0 Å². The highest BCUT2D eigenvalue weighted by atomic mass is 32.2. The van der Waals surface area contributed by atoms with Gasteiger partial charge in [0.15, 0.2) is 0 Å². The molecule has 7 nitrogen and oxygen atoms in total. The van der Waals surface area contributed by atoms with Crippen LogP contribution in [0.5, 0.6) is 5.75 Å². The molecule has 0 saturated carbocycles. The van der Waals surface area contributed by atoms with Crippen LogP contribution in [0, 0.1) is 13.8 Å². The Morgan fingerprint density at radius 2 is 1.75 bits per heavy atom. The summed E-state index contributed by atoms with van der Waals surface area (Å²) in [7, 11) is 0.978. The number of rotatable bonds is 8. The molecule has 3 rings (SSSR count). The zero-order valence-corrected chi connectivity index (χ0v) is 20.3. The zero-order valence-electron chi connectivity index (χ0n) is 19.5. The summed E-state index contributed by atoms with van der Waals surface area (Å²) in [6.07, 6.45) is 2.28. The Kier molecular flexibility index (Phi) is 7.59. The molecular formula is C24H33N3O4S. The van der Waals surface area contributed by atoms with E-state index in [0.717, 1.165) is 42.8 Å². The summed E-state index contributed by atoms with van der Waals surface area (Å²) in [6, 6.07) is 11.2. The van der Waals surface area contributed by atoms with E-state index in [4.69, 9.17) is 4.74 Å². The second-order valence-electron chi connectivity index (χ2n) is 8.45. The molecule has 1 saturated heterocycles. The topological polar surface area (TPSA) is 78.9 Å². The predicted octanol–water partition coefficient (Wildman–Crippen LogP) is 3.13. The largest absolute Gasteiger partial charge is 0.497 e. The van der Waals surface area contributed by atoms with Crippen LogP contribution in [-0.4, -0.2) is 64.4 Å². The molecule has 8 heteroatoms. The third kappa shape index (κ3) is 5.14. The van der Waals surface area contributed by atoms with Crippen LogP contribution < -0.4 is 10.1 Å². The van der Waals surface area contributed by atoms with Gasteiger partial charge in [0.1, 0.15) is 5.75 Å². The first kappa shape index (κ1) is 24.2. The number of hydrogen-bond acceptors (Lipinski definition) is 5. The zero-order chi connectivity index (χ0) is 23.5. The third-order valence-corrected chi connectivity index (χ3v) is 8.12. The van der Waals surface area contributed by atoms with Gasteiger partial charge >= 0.3 is 0 Å². The van der Waals surface area contributed by atoms with Crippen molar-refractivity contribution in [1.82, 2.24) is 14.5 Å². The van der Waals surface area contributed by atoms with E-state index in [1.54, 1.807) is 20.1 Å². The predicted molar refractivity (Wildman–Crippen MR) is 126 cm³/mol. The van der Waals surface area contributed by atoms with Gasteiger partial charge in [0, 0.05) is 26.2 Å². The highest BCUT2D eigenvalue weighted by Crippen LogP contribution is 2.27. The van der Waals surface area contributed by atoms with Crippen LogP contribution in [0.3, 0.4) is 0 Å². The maximum atomic E-state index is 13.1. The summed E-state index contributed by atoms with van der Waals surface area (Å²) in [5.41, 5.74) is 2.89. The number of aryl methyl sites for hydroxylation is 1. The number of benzene rings is 2. The van der Waals surface area contributed by atoms with E-state index >= 15 is 0 Å². The van der Waals surface area contributed by atoms with E-state index in [9.17, 15) is 13.2 Å². The Bertz CT molecular complexity index is 1060. The molecule has 1 aliphatic heterocycles. The van der Waals surface area contributed by atoms with Crippen molar-refractivity contribution in [2.24, 2.45) is 0 Å². The van der Waals surface area contributed by atoms with E-state index in [1.807, 2.05) is 31.2 Å². The molecule has 1 aliphatic rings. The maximum absolute atomic E-state index is 13.1. The monoisotopic (exact) mass is 459 g/mol. The van der Waals surface area contributed by atoms with Crippen LogP contribution in [0.4, 0.5) is 0 Å². The number of amides is 1. The number of likely N-dealkylation sites (tertiary alicyclic amines) is 1. The van der Waals surface area contributed by atoms with Crippen LogP contribution in [-0.2, 0) is 10.0 Å². The minimum absolute atomic E-state index is 0.0453. The van der Waals surface area contributed by atoms with Gasteiger partial charge in [0.2, 0.25) is 10.0 Å². The molecule has 32 heavy (non-hydrogen) atoms. The molecule has 1 atom stereocenters. The van der Waals surface area contributed by atoms with Gasteiger partial charge < -0.3 is 10.1 Å². The molecule has 1 N–H and O–H groups in total. The van der Waals surface area contributed by atoms with E-state index in [1.165, 1.54) is 24.5 Å². The van der Waals surface area contributed by atoms with Crippen LogP contribution in [0.15, 0.2) is 41.3 Å². The lowest BCUT2D eigenvalue weighted by Crippen LogP contribution is -2.37. The molecular weight excluding hydrogens is 426 g/mol. The van der Waals surface area contributed by atoms with Gasteiger partial charge in [-0.1, -0.05) is 12.1 Å². The average molecular weight is 460 g/mol. The average Bonchev–Trinajstić information content (AvgIpc) is 3.30. The standard InChI is InChI=1S/C24H33N3O4S/c1-17-14-20(15-23(18(17)2)32(29,30)26(3)4)24(28)25-16-22(27-12-6-7-13-27)19-8-10-21(31-5)11-9-19/h8-11,14-15,22H,6-7,12-13,16H2,1-5H3,(H,25,28). The fourth-order valence-electron chi connectivity index (χ4n) is 4.05. The normalized spacial score (nSPS) is 15.7. The Morgan fingerprint density at radius 1 is 1.12 bits per heavy atom. The molecule has 0 aliphatic carbocycles. The van der Waals surface area contributed by atoms with Crippen molar-refractivity contribution in [1.29, 1.82) is 0 Å². The molecule has 2 aromatic carbocycles. The number of methoxy groups -OCH3 is 1. The van der Waals surface area contributed by atoms with Crippen LogP contribution in [0.1, 0.15) is 45.9 Å². The summed E-state index contributed by atoms with van der Waals surface area (Å²) in [5.74, 6) is 0.517. The van der Waals surface area contributed by atoms with E-state index in [2.05, 4.69) is 10.2 Å². The van der Waals surface area contributed by atoms with Gasteiger partial charge in [-0.25, -0.2) is 12.7 Å². The number of nitrogens with one attached hydrogen (secondary N) is 1. The first-order chi connectivity index (χ1) is 15.1. The SMILES string of the molecule is COc1ccc(C(CNC(=O)c2cc(C)c(C)c(S(=O)(=O)N(C)C)c2)N2CCCC2)cc1. The lowest BCUT2D eigenvalue weighted by atomic mass is 10.0. The maximum Gasteiger partial charge on any atom is 0.251 e. The van der Waals surface area contributed by atoms with Crippen molar-refractivity contribution in [2.45, 2.75) is 37.6 Å². The smallest absolute Gasteiger partial charge is 0.251 e. The second-order valence-corrected chi connectivity index (χ2v) is 10.6. The number of hydrogen-bond donors (Lipinski definition) is 1. The molecule has 0 aromatic heterocycles. The van der Waals surface area contributed by atoms with Gasteiger partial charge in [-0.15, -0.1) is 0 Å². The van der Waals surface area contributed by atoms with Gasteiger partial charge in [-0.05, 0) is 80.7 Å². The Balaban J connectivity index is 1.84. The number of ether oxygens (including phenoxy) is 1. The first-order valence-corrected chi connectivity index (χ1v) is 12.3. The lowest BCUT2D eigenvalue weighted by Gasteiger charge is -2.28. The van der Waals surface area contributed by atoms with Crippen molar-refractivity contribution >= 4 is 15.9 Å². The van der Waals surface area contributed by atoms with E-state index in [0.29, 0.717) is 17.7 Å². The summed E-state index contributed by atoms with van der Waals surface area (Å²) in [5, 5.41) is 3.04. The van der Waals surface area contributed by atoms with Crippen molar-refractivity contribution in [3.63, 3.8) is 0 Å². The molecule has 1 unspecified atom stereocenters. The van der Waals surface area contributed by atoms with Crippen molar-refractivity contribution in [3.8, 4) is 5.75 Å². The Morgan fingerprint density at radius 3 is 2.31 bits per heavy atom. The van der Waals surface area contributed by atoms with Gasteiger partial charge in [-0.3, -0.25) is 9.69 Å². The minimum atomic E-state index is -3.65. The highest BCUT2D eigenvalue weighted by Gasteiger charge is 2.26. The molecule has 1 heterocycles. The molecule has 0 bridgehead atoms. The fourth-order valence-corrected chi connectivity index (χ4v) is 5.27.